The van der Waals surface area contributed by atoms with Gasteiger partial charge in [-0.1, -0.05) is 0 Å². The molecule has 0 aromatic heterocycles. The van der Waals surface area contributed by atoms with E-state index in [-0.39, 0.29) is 17.0 Å². The number of nitro groups is 1. The van der Waals surface area contributed by atoms with Crippen LogP contribution >= 0.6 is 0 Å². The van der Waals surface area contributed by atoms with Crippen LogP contribution in [0.2, 0.25) is 0 Å². The zero-order valence-electron chi connectivity index (χ0n) is 10.9. The van der Waals surface area contributed by atoms with E-state index in [0.717, 1.165) is 5.69 Å². The van der Waals surface area contributed by atoms with E-state index in [1.54, 1.807) is 12.1 Å². The van der Waals surface area contributed by atoms with Crippen molar-refractivity contribution in [3.8, 4) is 0 Å². The molecule has 6 nitrogen and oxygen atoms in total. The molecular weight excluding hydrogens is 234 g/mol. The SMILES string of the molecule is CCOC(C)(C)CNc1ccc([N+](=O)[O-])c(N)c1. The fraction of sp³-hybridized carbons (Fsp3) is 0.500. The second kappa shape index (κ2) is 5.68. The smallest absolute Gasteiger partial charge is 0.292 e. The quantitative estimate of drug-likeness (QED) is 0.461. The highest BCUT2D eigenvalue weighted by Gasteiger charge is 2.18. The van der Waals surface area contributed by atoms with Crippen molar-refractivity contribution >= 4 is 17.1 Å². The van der Waals surface area contributed by atoms with Gasteiger partial charge in [0.2, 0.25) is 0 Å². The number of nitrogens with one attached hydrogen (secondary N) is 1. The highest BCUT2D eigenvalue weighted by molar-refractivity contribution is 5.65. The van der Waals surface area contributed by atoms with Gasteiger partial charge in [-0.25, -0.2) is 0 Å². The summed E-state index contributed by atoms with van der Waals surface area (Å²) in [7, 11) is 0. The maximum absolute atomic E-state index is 10.6. The largest absolute Gasteiger partial charge is 0.393 e. The van der Waals surface area contributed by atoms with Crippen LogP contribution in [-0.2, 0) is 4.74 Å². The number of nitro benzene ring substituents is 1. The van der Waals surface area contributed by atoms with Gasteiger partial charge in [0, 0.05) is 24.9 Å². The van der Waals surface area contributed by atoms with Gasteiger partial charge in [0.05, 0.1) is 10.5 Å². The minimum Gasteiger partial charge on any atom is -0.393 e. The summed E-state index contributed by atoms with van der Waals surface area (Å²) in [6, 6.07) is 4.59. The Hall–Kier alpha value is -1.82. The molecule has 0 aliphatic heterocycles. The molecular formula is C12H19N3O3. The molecule has 0 aliphatic rings. The topological polar surface area (TPSA) is 90.4 Å². The number of nitrogens with two attached hydrogens (primary N) is 1. The number of benzene rings is 1. The Bertz CT molecular complexity index is 433. The molecule has 0 aliphatic carbocycles. The first-order valence-electron chi connectivity index (χ1n) is 5.77. The van der Waals surface area contributed by atoms with Crippen molar-refractivity contribution in [1.29, 1.82) is 0 Å². The van der Waals surface area contributed by atoms with Crippen LogP contribution in [0.15, 0.2) is 18.2 Å². The van der Waals surface area contributed by atoms with Crippen LogP contribution in [0.3, 0.4) is 0 Å². The molecule has 0 spiro atoms. The lowest BCUT2D eigenvalue weighted by molar-refractivity contribution is -0.383. The second-order valence-corrected chi connectivity index (χ2v) is 4.58. The van der Waals surface area contributed by atoms with E-state index in [2.05, 4.69) is 5.32 Å². The van der Waals surface area contributed by atoms with Crippen molar-refractivity contribution in [2.75, 3.05) is 24.2 Å². The molecule has 100 valence electrons. The van der Waals surface area contributed by atoms with Crippen molar-refractivity contribution in [3.63, 3.8) is 0 Å². The Labute approximate surface area is 106 Å². The Balaban J connectivity index is 2.70. The van der Waals surface area contributed by atoms with Crippen LogP contribution in [0, 0.1) is 10.1 Å². The lowest BCUT2D eigenvalue weighted by atomic mass is 10.1. The Morgan fingerprint density at radius 1 is 1.50 bits per heavy atom. The molecule has 1 rings (SSSR count). The van der Waals surface area contributed by atoms with E-state index < -0.39 is 4.92 Å². The molecule has 18 heavy (non-hydrogen) atoms. The van der Waals surface area contributed by atoms with E-state index in [9.17, 15) is 10.1 Å². The zero-order valence-corrected chi connectivity index (χ0v) is 10.9. The number of nitrogen functional groups attached to an aromatic ring is 1. The maximum atomic E-state index is 10.6. The van der Waals surface area contributed by atoms with Gasteiger partial charge in [-0.3, -0.25) is 10.1 Å². The molecule has 1 aromatic rings. The summed E-state index contributed by atoms with van der Waals surface area (Å²) < 4.78 is 5.54. The Kier molecular flexibility index (Phi) is 4.49. The van der Waals surface area contributed by atoms with Gasteiger partial charge < -0.3 is 15.8 Å². The molecule has 1 aromatic carbocycles. The van der Waals surface area contributed by atoms with Gasteiger partial charge in [0.25, 0.3) is 5.69 Å². The van der Waals surface area contributed by atoms with Gasteiger partial charge >= 0.3 is 0 Å². The number of nitrogens with zero attached hydrogens (tertiary/aromatic N) is 1. The first-order valence-corrected chi connectivity index (χ1v) is 5.77. The first kappa shape index (κ1) is 14.2. The molecule has 0 heterocycles. The molecule has 0 atom stereocenters. The van der Waals surface area contributed by atoms with Crippen LogP contribution < -0.4 is 11.1 Å². The minimum atomic E-state index is -0.497. The summed E-state index contributed by atoms with van der Waals surface area (Å²) in [6.45, 7) is 7.11. The van der Waals surface area contributed by atoms with Crippen LogP contribution in [0.5, 0.6) is 0 Å². The van der Waals surface area contributed by atoms with E-state index in [1.165, 1.54) is 6.07 Å². The van der Waals surface area contributed by atoms with E-state index in [1.807, 2.05) is 20.8 Å². The monoisotopic (exact) mass is 253 g/mol. The van der Waals surface area contributed by atoms with Crippen LogP contribution in [0.25, 0.3) is 0 Å². The number of anilines is 2. The summed E-state index contributed by atoms with van der Waals surface area (Å²) >= 11 is 0. The maximum Gasteiger partial charge on any atom is 0.292 e. The van der Waals surface area contributed by atoms with Crippen LogP contribution in [0.4, 0.5) is 17.1 Å². The van der Waals surface area contributed by atoms with E-state index in [0.29, 0.717) is 13.2 Å². The van der Waals surface area contributed by atoms with E-state index >= 15 is 0 Å². The summed E-state index contributed by atoms with van der Waals surface area (Å²) in [5.41, 5.74) is 6.12. The molecule has 0 bridgehead atoms. The Morgan fingerprint density at radius 2 is 2.17 bits per heavy atom. The average molecular weight is 253 g/mol. The number of ether oxygens (including phenoxy) is 1. The summed E-state index contributed by atoms with van der Waals surface area (Å²) in [6.07, 6.45) is 0. The van der Waals surface area contributed by atoms with Crippen LogP contribution in [0.1, 0.15) is 20.8 Å². The summed E-state index contributed by atoms with van der Waals surface area (Å²) in [5.74, 6) is 0. The minimum absolute atomic E-state index is 0.0791. The van der Waals surface area contributed by atoms with Crippen molar-refractivity contribution in [2.24, 2.45) is 0 Å². The van der Waals surface area contributed by atoms with Gasteiger partial charge in [-0.05, 0) is 32.9 Å². The fourth-order valence-electron chi connectivity index (χ4n) is 1.59. The van der Waals surface area contributed by atoms with Gasteiger partial charge in [0.15, 0.2) is 0 Å². The molecule has 0 fully saturated rings. The summed E-state index contributed by atoms with van der Waals surface area (Å²) in [4.78, 5) is 10.1. The van der Waals surface area contributed by atoms with Crippen molar-refractivity contribution < 1.29 is 9.66 Å². The third-order valence-electron chi connectivity index (χ3n) is 2.48. The fourth-order valence-corrected chi connectivity index (χ4v) is 1.59. The highest BCUT2D eigenvalue weighted by atomic mass is 16.6. The van der Waals surface area contributed by atoms with Crippen molar-refractivity contribution in [3.05, 3.63) is 28.3 Å². The number of hydrogen-bond donors (Lipinski definition) is 2. The normalized spacial score (nSPS) is 11.3. The van der Waals surface area contributed by atoms with Gasteiger partial charge in [-0.2, -0.15) is 0 Å². The third kappa shape index (κ3) is 3.89. The lowest BCUT2D eigenvalue weighted by Crippen LogP contribution is -2.33. The second-order valence-electron chi connectivity index (χ2n) is 4.58. The zero-order chi connectivity index (χ0) is 13.8. The molecule has 0 radical (unpaired) electrons. The molecule has 0 saturated heterocycles. The highest BCUT2D eigenvalue weighted by Crippen LogP contribution is 2.25. The number of hydrogen-bond acceptors (Lipinski definition) is 5. The van der Waals surface area contributed by atoms with Gasteiger partial charge in [0.1, 0.15) is 5.69 Å². The van der Waals surface area contributed by atoms with Crippen LogP contribution in [-0.4, -0.2) is 23.7 Å². The molecule has 3 N–H and O–H groups in total. The van der Waals surface area contributed by atoms with Crippen molar-refractivity contribution in [1.82, 2.24) is 0 Å². The molecule has 6 heteroatoms. The van der Waals surface area contributed by atoms with E-state index in [4.69, 9.17) is 10.5 Å². The standard InChI is InChI=1S/C12H19N3O3/c1-4-18-12(2,3)8-14-9-5-6-11(15(16)17)10(13)7-9/h5-7,14H,4,8,13H2,1-3H3. The molecule has 0 saturated carbocycles. The summed E-state index contributed by atoms with van der Waals surface area (Å²) in [5, 5.41) is 13.8. The van der Waals surface area contributed by atoms with Crippen molar-refractivity contribution in [2.45, 2.75) is 26.4 Å². The molecule has 0 unspecified atom stereocenters. The predicted octanol–water partition coefficient (Wildman–Crippen LogP) is 2.40. The average Bonchev–Trinajstić information content (AvgIpc) is 2.26. The third-order valence-corrected chi connectivity index (χ3v) is 2.48. The first-order chi connectivity index (χ1) is 8.35. The number of rotatable bonds is 6. The molecule has 0 amide bonds. The Morgan fingerprint density at radius 3 is 2.67 bits per heavy atom. The van der Waals surface area contributed by atoms with Gasteiger partial charge in [-0.15, -0.1) is 0 Å². The predicted molar refractivity (Wildman–Crippen MR) is 71.7 cm³/mol. The lowest BCUT2D eigenvalue weighted by Gasteiger charge is -2.25.